The highest BCUT2D eigenvalue weighted by Crippen LogP contribution is 2.05. The van der Waals surface area contributed by atoms with Gasteiger partial charge in [0.2, 0.25) is 0 Å². The van der Waals surface area contributed by atoms with Crippen LogP contribution in [-0.4, -0.2) is 25.5 Å². The highest BCUT2D eigenvalue weighted by molar-refractivity contribution is 5.73. The molecule has 1 amide bonds. The second kappa shape index (κ2) is 10.0. The fraction of sp³-hybridized carbons (Fsp3) is 0.800. The summed E-state index contributed by atoms with van der Waals surface area (Å²) in [5, 5.41) is 2.44. The van der Waals surface area contributed by atoms with Gasteiger partial charge in [-0.2, -0.15) is 0 Å². The smallest absolute Gasteiger partial charge is 0.407 e. The molecule has 0 aliphatic rings. The molecule has 0 aromatic carbocycles. The maximum absolute atomic E-state index is 10.7. The van der Waals surface area contributed by atoms with Gasteiger partial charge in [0.25, 0.3) is 0 Å². The van der Waals surface area contributed by atoms with Gasteiger partial charge in [0.15, 0.2) is 0 Å². The highest BCUT2D eigenvalue weighted by atomic mass is 16.5. The van der Waals surface area contributed by atoms with Crippen LogP contribution in [-0.2, 0) is 9.53 Å². The number of carbonyl (C=O) groups excluding carboxylic acids is 2. The Bertz CT molecular complexity index is 159. The Balaban J connectivity index is 0. The van der Waals surface area contributed by atoms with Gasteiger partial charge in [-0.25, -0.2) is 4.79 Å². The molecule has 2 atom stereocenters. The van der Waals surface area contributed by atoms with Gasteiger partial charge in [0.1, 0.15) is 6.29 Å². The minimum atomic E-state index is -0.563. The molecule has 84 valence electrons. The van der Waals surface area contributed by atoms with Gasteiger partial charge in [-0.05, 0) is 5.92 Å². The first kappa shape index (κ1) is 15.4. The summed E-state index contributed by atoms with van der Waals surface area (Å²) in [4.78, 5) is 21.2. The Labute approximate surface area is 86.0 Å². The van der Waals surface area contributed by atoms with Crippen molar-refractivity contribution in [1.82, 2.24) is 5.32 Å². The van der Waals surface area contributed by atoms with Crippen molar-refractivity contribution >= 4 is 12.4 Å². The van der Waals surface area contributed by atoms with Crippen LogP contribution >= 0.6 is 0 Å². The molecule has 0 aliphatic heterocycles. The number of aldehydes is 1. The molecule has 0 spiro atoms. The van der Waals surface area contributed by atoms with E-state index < -0.39 is 12.1 Å². The molecule has 4 nitrogen and oxygen atoms in total. The van der Waals surface area contributed by atoms with Crippen LogP contribution in [0.3, 0.4) is 0 Å². The summed E-state index contributed by atoms with van der Waals surface area (Å²) in [5.41, 5.74) is 0. The first-order chi connectivity index (χ1) is 6.65. The summed E-state index contributed by atoms with van der Waals surface area (Å²) in [6, 6.07) is -0.442. The average molecular weight is 203 g/mol. The first-order valence-electron chi connectivity index (χ1n) is 4.95. The zero-order valence-corrected chi connectivity index (χ0v) is 9.66. The predicted octanol–water partition coefficient (Wildman–Crippen LogP) is 1.98. The number of ether oxygens (including phenoxy) is 1. The maximum atomic E-state index is 10.7. The van der Waals surface area contributed by atoms with Crippen molar-refractivity contribution in [2.75, 3.05) is 7.11 Å². The van der Waals surface area contributed by atoms with Gasteiger partial charge in [0, 0.05) is 0 Å². The van der Waals surface area contributed by atoms with E-state index in [1.807, 2.05) is 27.7 Å². The lowest BCUT2D eigenvalue weighted by Gasteiger charge is -2.17. The van der Waals surface area contributed by atoms with E-state index in [1.165, 1.54) is 7.11 Å². The number of amides is 1. The largest absolute Gasteiger partial charge is 0.453 e. The Morgan fingerprint density at radius 1 is 1.50 bits per heavy atom. The van der Waals surface area contributed by atoms with Crippen LogP contribution in [0.1, 0.15) is 34.1 Å². The molecule has 14 heavy (non-hydrogen) atoms. The predicted molar refractivity (Wildman–Crippen MR) is 56.2 cm³/mol. The van der Waals surface area contributed by atoms with E-state index in [-0.39, 0.29) is 5.92 Å². The number of alkyl carbamates (subject to hydrolysis) is 1. The SMILES string of the molecule is CC.CCC(C)C(C=O)NC(=O)OC. The fourth-order valence-corrected chi connectivity index (χ4v) is 0.759. The molecule has 0 aromatic heterocycles. The van der Waals surface area contributed by atoms with Gasteiger partial charge in [-0.15, -0.1) is 0 Å². The third kappa shape index (κ3) is 6.46. The van der Waals surface area contributed by atoms with Crippen LogP contribution in [0.5, 0.6) is 0 Å². The van der Waals surface area contributed by atoms with Crippen molar-refractivity contribution in [2.24, 2.45) is 5.92 Å². The van der Waals surface area contributed by atoms with E-state index in [1.54, 1.807) is 0 Å². The lowest BCUT2D eigenvalue weighted by atomic mass is 10.0. The van der Waals surface area contributed by atoms with Crippen molar-refractivity contribution in [3.05, 3.63) is 0 Å². The van der Waals surface area contributed by atoms with Crippen LogP contribution in [0.15, 0.2) is 0 Å². The van der Waals surface area contributed by atoms with E-state index in [0.29, 0.717) is 0 Å². The molecule has 4 heteroatoms. The van der Waals surface area contributed by atoms with Gasteiger partial charge < -0.3 is 14.8 Å². The van der Waals surface area contributed by atoms with Crippen molar-refractivity contribution in [2.45, 2.75) is 40.2 Å². The summed E-state index contributed by atoms with van der Waals surface area (Å²) in [5.74, 6) is 0.140. The Hall–Kier alpha value is -1.06. The molecule has 0 heterocycles. The number of hydrogen-bond acceptors (Lipinski definition) is 3. The van der Waals surface area contributed by atoms with Gasteiger partial charge in [0.05, 0.1) is 13.2 Å². The van der Waals surface area contributed by atoms with Gasteiger partial charge >= 0.3 is 6.09 Å². The second-order valence-electron chi connectivity index (χ2n) is 2.68. The maximum Gasteiger partial charge on any atom is 0.407 e. The third-order valence-electron chi connectivity index (χ3n) is 1.87. The number of nitrogens with one attached hydrogen (secondary N) is 1. The number of carbonyl (C=O) groups is 2. The molecule has 1 N–H and O–H groups in total. The summed E-state index contributed by atoms with van der Waals surface area (Å²) in [6.07, 6.45) is 1.01. The molecule has 0 saturated heterocycles. The van der Waals surface area contributed by atoms with Crippen LogP contribution in [0.25, 0.3) is 0 Å². The Morgan fingerprint density at radius 2 is 2.00 bits per heavy atom. The summed E-state index contributed by atoms with van der Waals surface area (Å²) in [6.45, 7) is 7.86. The van der Waals surface area contributed by atoms with E-state index in [9.17, 15) is 9.59 Å². The molecule has 0 aromatic rings. The minimum absolute atomic E-state index is 0.140. The normalized spacial score (nSPS) is 12.9. The molecule has 2 unspecified atom stereocenters. The second-order valence-corrected chi connectivity index (χ2v) is 2.68. The van der Waals surface area contributed by atoms with Crippen LogP contribution in [0.4, 0.5) is 4.79 Å². The van der Waals surface area contributed by atoms with Crippen molar-refractivity contribution in [1.29, 1.82) is 0 Å². The van der Waals surface area contributed by atoms with E-state index >= 15 is 0 Å². The number of hydrogen-bond donors (Lipinski definition) is 1. The number of methoxy groups -OCH3 is 1. The third-order valence-corrected chi connectivity index (χ3v) is 1.87. The van der Waals surface area contributed by atoms with Gasteiger partial charge in [-0.1, -0.05) is 34.1 Å². The van der Waals surface area contributed by atoms with E-state index in [0.717, 1.165) is 12.7 Å². The molecule has 0 bridgehead atoms. The topological polar surface area (TPSA) is 55.4 Å². The monoisotopic (exact) mass is 203 g/mol. The Kier molecular flexibility index (Phi) is 11.0. The van der Waals surface area contributed by atoms with Crippen molar-refractivity contribution in [3.8, 4) is 0 Å². The minimum Gasteiger partial charge on any atom is -0.453 e. The highest BCUT2D eigenvalue weighted by Gasteiger charge is 2.16. The van der Waals surface area contributed by atoms with Crippen LogP contribution < -0.4 is 5.32 Å². The van der Waals surface area contributed by atoms with E-state index in [4.69, 9.17) is 0 Å². The standard InChI is InChI=1S/C8H15NO3.C2H6/c1-4-6(2)7(5-10)9-8(11)12-3;1-2/h5-7H,4H2,1-3H3,(H,9,11);1-2H3. The molecular formula is C10H21NO3. The van der Waals surface area contributed by atoms with Crippen molar-refractivity contribution in [3.63, 3.8) is 0 Å². The van der Waals surface area contributed by atoms with E-state index in [2.05, 4.69) is 10.1 Å². The summed E-state index contributed by atoms with van der Waals surface area (Å²) in [7, 11) is 1.27. The van der Waals surface area contributed by atoms with Crippen LogP contribution in [0, 0.1) is 5.92 Å². The number of rotatable bonds is 4. The molecule has 0 aliphatic carbocycles. The summed E-state index contributed by atoms with van der Waals surface area (Å²) >= 11 is 0. The summed E-state index contributed by atoms with van der Waals surface area (Å²) < 4.78 is 4.37. The fourth-order valence-electron chi connectivity index (χ4n) is 0.759. The molecule has 0 fully saturated rings. The quantitative estimate of drug-likeness (QED) is 0.711. The Morgan fingerprint density at radius 3 is 2.29 bits per heavy atom. The molecule has 0 saturated carbocycles. The average Bonchev–Trinajstić information content (AvgIpc) is 2.27. The zero-order valence-electron chi connectivity index (χ0n) is 9.66. The zero-order chi connectivity index (χ0) is 11.6. The first-order valence-corrected chi connectivity index (χ1v) is 4.95. The lowest BCUT2D eigenvalue weighted by molar-refractivity contribution is -0.110. The lowest BCUT2D eigenvalue weighted by Crippen LogP contribution is -2.40. The van der Waals surface area contributed by atoms with Crippen LogP contribution in [0.2, 0.25) is 0 Å². The molecule has 0 radical (unpaired) electrons. The van der Waals surface area contributed by atoms with Gasteiger partial charge in [-0.3, -0.25) is 0 Å². The molecule has 0 rings (SSSR count). The van der Waals surface area contributed by atoms with Crippen molar-refractivity contribution < 1.29 is 14.3 Å². The molecular weight excluding hydrogens is 182 g/mol.